The molecule has 1 saturated heterocycles. The summed E-state index contributed by atoms with van der Waals surface area (Å²) in [5.41, 5.74) is 2.86. The van der Waals surface area contributed by atoms with Gasteiger partial charge in [-0.05, 0) is 53.6 Å². The van der Waals surface area contributed by atoms with E-state index in [4.69, 9.17) is 4.74 Å². The number of hydrogen-bond donors (Lipinski definition) is 2. The third-order valence-electron chi connectivity index (χ3n) is 4.96. The van der Waals surface area contributed by atoms with Gasteiger partial charge in [0, 0.05) is 23.6 Å². The fourth-order valence-electron chi connectivity index (χ4n) is 3.36. The highest BCUT2D eigenvalue weighted by molar-refractivity contribution is 8.18. The number of nitrogens with zero attached hydrogens (tertiary/aromatic N) is 1. The zero-order chi connectivity index (χ0) is 21.8. The molecule has 158 valence electrons. The summed E-state index contributed by atoms with van der Waals surface area (Å²) in [5.74, 6) is -0.0567. The number of nitrogens with one attached hydrogen (secondary N) is 2. The van der Waals surface area contributed by atoms with Gasteiger partial charge in [-0.15, -0.1) is 0 Å². The van der Waals surface area contributed by atoms with Gasteiger partial charge in [-0.2, -0.15) is 0 Å². The Morgan fingerprint density at radius 2 is 2.00 bits per heavy atom. The molecule has 0 aliphatic carbocycles. The maximum Gasteiger partial charge on any atom is 0.294 e. The van der Waals surface area contributed by atoms with E-state index in [-0.39, 0.29) is 12.5 Å². The maximum atomic E-state index is 12.5. The van der Waals surface area contributed by atoms with Crippen molar-refractivity contribution in [3.63, 3.8) is 0 Å². The molecule has 1 aliphatic heterocycles. The van der Waals surface area contributed by atoms with Gasteiger partial charge in [0.1, 0.15) is 12.3 Å². The van der Waals surface area contributed by atoms with Gasteiger partial charge in [0.15, 0.2) is 0 Å². The lowest BCUT2D eigenvalue weighted by molar-refractivity contribution is -0.129. The van der Waals surface area contributed by atoms with Crippen LogP contribution in [0, 0.1) is 0 Å². The summed E-state index contributed by atoms with van der Waals surface area (Å²) < 4.78 is 5.27. The summed E-state index contributed by atoms with van der Waals surface area (Å²) in [4.78, 5) is 41.6. The number of hydrogen-bond acceptors (Lipinski definition) is 5. The van der Waals surface area contributed by atoms with E-state index < -0.39 is 11.1 Å². The van der Waals surface area contributed by atoms with Gasteiger partial charge in [0.05, 0.1) is 12.0 Å². The number of methoxy groups -OCH3 is 1. The Bertz CT molecular complexity index is 1170. The lowest BCUT2D eigenvalue weighted by Crippen LogP contribution is -2.40. The lowest BCUT2D eigenvalue weighted by Gasteiger charge is -2.12. The van der Waals surface area contributed by atoms with Crippen molar-refractivity contribution in [1.29, 1.82) is 0 Å². The Hall–Kier alpha value is -3.52. The second-order valence-corrected chi connectivity index (χ2v) is 8.00. The molecular formula is C23H21N3O4S. The van der Waals surface area contributed by atoms with Crippen LogP contribution in [0.1, 0.15) is 11.1 Å². The van der Waals surface area contributed by atoms with Gasteiger partial charge in [-0.25, -0.2) is 0 Å². The van der Waals surface area contributed by atoms with E-state index in [0.717, 1.165) is 44.4 Å². The van der Waals surface area contributed by atoms with E-state index in [1.54, 1.807) is 13.2 Å². The fourth-order valence-corrected chi connectivity index (χ4v) is 4.20. The number of imide groups is 1. The lowest BCUT2D eigenvalue weighted by atomic mass is 10.1. The molecule has 1 aromatic heterocycles. The molecule has 0 unspecified atom stereocenters. The molecule has 0 radical (unpaired) electrons. The number of carbonyl (C=O) groups excluding carboxylic acids is 3. The van der Waals surface area contributed by atoms with Gasteiger partial charge in [0.25, 0.3) is 11.1 Å². The van der Waals surface area contributed by atoms with E-state index >= 15 is 0 Å². The molecule has 0 atom stereocenters. The number of fused-ring (bicyclic) bond motifs is 1. The highest BCUT2D eigenvalue weighted by atomic mass is 32.2. The number of aromatic nitrogens is 1. The maximum absolute atomic E-state index is 12.5. The molecule has 2 N–H and O–H groups in total. The Kier molecular flexibility index (Phi) is 6.08. The van der Waals surface area contributed by atoms with Gasteiger partial charge >= 0.3 is 0 Å². The number of benzene rings is 2. The molecule has 2 heterocycles. The standard InChI is InChI=1S/C23H21N3O4S/c1-30-17-7-8-19-18(12-17)16(13-25-19)9-10-24-21(27)14-26-22(28)20(31-23(26)29)11-15-5-3-2-4-6-15/h2-8,11-13,25H,9-10,14H2,1H3,(H,24,27)/b20-11+. The second-order valence-electron chi connectivity index (χ2n) is 7.00. The van der Waals surface area contributed by atoms with Crippen molar-refractivity contribution in [2.24, 2.45) is 0 Å². The Morgan fingerprint density at radius 1 is 1.19 bits per heavy atom. The second kappa shape index (κ2) is 9.09. The van der Waals surface area contributed by atoms with E-state index in [1.807, 2.05) is 54.7 Å². The molecule has 0 saturated carbocycles. The predicted octanol–water partition coefficient (Wildman–Crippen LogP) is 3.57. The topological polar surface area (TPSA) is 91.5 Å². The normalized spacial score (nSPS) is 15.1. The highest BCUT2D eigenvalue weighted by Gasteiger charge is 2.36. The monoisotopic (exact) mass is 435 g/mol. The number of amides is 3. The summed E-state index contributed by atoms with van der Waals surface area (Å²) in [6, 6.07) is 15.1. The first-order chi connectivity index (χ1) is 15.0. The minimum Gasteiger partial charge on any atom is -0.497 e. The van der Waals surface area contributed by atoms with Gasteiger partial charge in [0.2, 0.25) is 5.91 Å². The molecule has 1 aliphatic rings. The van der Waals surface area contributed by atoms with Crippen LogP contribution in [0.25, 0.3) is 17.0 Å². The third kappa shape index (κ3) is 4.64. The Labute approximate surface area is 183 Å². The fraction of sp³-hybridized carbons (Fsp3) is 0.174. The van der Waals surface area contributed by atoms with Crippen LogP contribution < -0.4 is 10.1 Å². The van der Waals surface area contributed by atoms with Gasteiger partial charge in [-0.3, -0.25) is 19.3 Å². The molecule has 0 bridgehead atoms. The largest absolute Gasteiger partial charge is 0.497 e. The van der Waals surface area contributed by atoms with Crippen molar-refractivity contribution in [3.05, 3.63) is 70.8 Å². The van der Waals surface area contributed by atoms with Crippen LogP contribution in [-0.4, -0.2) is 47.1 Å². The minimum atomic E-state index is -0.447. The molecule has 3 amide bonds. The number of aromatic amines is 1. The number of H-pyrrole nitrogens is 1. The molecule has 3 aromatic rings. The smallest absolute Gasteiger partial charge is 0.294 e. The van der Waals surface area contributed by atoms with Crippen molar-refractivity contribution >= 4 is 45.8 Å². The average molecular weight is 436 g/mol. The Balaban J connectivity index is 1.33. The van der Waals surface area contributed by atoms with Crippen LogP contribution in [0.4, 0.5) is 4.79 Å². The molecule has 0 spiro atoms. The summed E-state index contributed by atoms with van der Waals surface area (Å²) in [5, 5.41) is 3.38. The molecule has 2 aromatic carbocycles. The summed E-state index contributed by atoms with van der Waals surface area (Å²) >= 11 is 0.848. The van der Waals surface area contributed by atoms with Crippen LogP contribution in [0.3, 0.4) is 0 Å². The highest BCUT2D eigenvalue weighted by Crippen LogP contribution is 2.32. The number of ether oxygens (including phenoxy) is 1. The minimum absolute atomic E-state index is 0.293. The van der Waals surface area contributed by atoms with Crippen molar-refractivity contribution in [2.75, 3.05) is 20.2 Å². The molecule has 31 heavy (non-hydrogen) atoms. The summed E-state index contributed by atoms with van der Waals surface area (Å²) in [6.07, 6.45) is 4.17. The average Bonchev–Trinajstić information content (AvgIpc) is 3.30. The van der Waals surface area contributed by atoms with Crippen LogP contribution in [0.15, 0.2) is 59.6 Å². The van der Waals surface area contributed by atoms with Crippen LogP contribution in [0.2, 0.25) is 0 Å². The molecule has 4 rings (SSSR count). The quantitative estimate of drug-likeness (QED) is 0.554. The number of rotatable bonds is 7. The van der Waals surface area contributed by atoms with Crippen LogP contribution in [0.5, 0.6) is 5.75 Å². The third-order valence-corrected chi connectivity index (χ3v) is 5.87. The van der Waals surface area contributed by atoms with E-state index in [9.17, 15) is 14.4 Å². The van der Waals surface area contributed by atoms with Crippen LogP contribution in [-0.2, 0) is 16.0 Å². The number of carbonyl (C=O) groups is 3. The van der Waals surface area contributed by atoms with E-state index in [1.165, 1.54) is 0 Å². The van der Waals surface area contributed by atoms with E-state index in [2.05, 4.69) is 10.3 Å². The van der Waals surface area contributed by atoms with Crippen molar-refractivity contribution in [2.45, 2.75) is 6.42 Å². The van der Waals surface area contributed by atoms with Crippen LogP contribution >= 0.6 is 11.8 Å². The zero-order valence-corrected chi connectivity index (χ0v) is 17.7. The Morgan fingerprint density at radius 3 is 2.77 bits per heavy atom. The number of thioether (sulfide) groups is 1. The first kappa shape index (κ1) is 20.7. The predicted molar refractivity (Wildman–Crippen MR) is 121 cm³/mol. The zero-order valence-electron chi connectivity index (χ0n) is 16.9. The van der Waals surface area contributed by atoms with Gasteiger partial charge in [-0.1, -0.05) is 30.3 Å². The summed E-state index contributed by atoms with van der Waals surface area (Å²) in [6.45, 7) is 0.0948. The first-order valence-corrected chi connectivity index (χ1v) is 10.6. The van der Waals surface area contributed by atoms with Gasteiger partial charge < -0.3 is 15.0 Å². The SMILES string of the molecule is COc1ccc2[nH]cc(CCNC(=O)CN3C(=O)S/C(=C/c4ccccc4)C3=O)c2c1. The molecule has 8 heteroatoms. The van der Waals surface area contributed by atoms with Crippen molar-refractivity contribution < 1.29 is 19.1 Å². The van der Waals surface area contributed by atoms with Crippen molar-refractivity contribution in [3.8, 4) is 5.75 Å². The first-order valence-electron chi connectivity index (χ1n) is 9.76. The molecular weight excluding hydrogens is 414 g/mol. The van der Waals surface area contributed by atoms with Crippen molar-refractivity contribution in [1.82, 2.24) is 15.2 Å². The molecule has 7 nitrogen and oxygen atoms in total. The summed E-state index contributed by atoms with van der Waals surface area (Å²) in [7, 11) is 1.62. The van der Waals surface area contributed by atoms with E-state index in [0.29, 0.717) is 17.9 Å². The molecule has 1 fully saturated rings.